The van der Waals surface area contributed by atoms with Crippen LogP contribution in [0.3, 0.4) is 0 Å². The van der Waals surface area contributed by atoms with Gasteiger partial charge < -0.3 is 0 Å². The van der Waals surface area contributed by atoms with Crippen molar-refractivity contribution in [1.82, 2.24) is 9.21 Å². The lowest BCUT2D eigenvalue weighted by Gasteiger charge is -2.33. The van der Waals surface area contributed by atoms with Gasteiger partial charge in [0.1, 0.15) is 0 Å². The molecular weight excluding hydrogens is 353 g/mol. The molecule has 128 valence electrons. The number of piperazine rings is 1. The van der Waals surface area contributed by atoms with Crippen LogP contribution in [0, 0.1) is 0 Å². The maximum atomic E-state index is 12.7. The molecule has 0 atom stereocenters. The first-order chi connectivity index (χ1) is 10.6. The fraction of sp³-hybridized carbons (Fsp3) is 0.429. The summed E-state index contributed by atoms with van der Waals surface area (Å²) in [6.45, 7) is 5.33. The molecule has 1 aromatic rings. The van der Waals surface area contributed by atoms with Crippen molar-refractivity contribution in [2.75, 3.05) is 32.7 Å². The smallest absolute Gasteiger partial charge is 0.296 e. The van der Waals surface area contributed by atoms with E-state index in [1.165, 1.54) is 10.4 Å². The van der Waals surface area contributed by atoms with E-state index in [0.29, 0.717) is 30.7 Å². The second kappa shape index (κ2) is 6.80. The highest BCUT2D eigenvalue weighted by Crippen LogP contribution is 2.31. The van der Waals surface area contributed by atoms with Crippen molar-refractivity contribution in [3.8, 4) is 0 Å². The minimum Gasteiger partial charge on any atom is -0.296 e. The predicted molar refractivity (Wildman–Crippen MR) is 81.6 cm³/mol. The highest BCUT2D eigenvalue weighted by molar-refractivity contribution is 7.89. The summed E-state index contributed by atoms with van der Waals surface area (Å²) < 4.78 is 64.4. The standard InChI is InChI=1S/C14H16ClF3N2O2S/c1-11(15)10-19-5-7-20(8-6-19)23(21,22)13-4-2-3-12(9-13)14(16,17)18/h2-4,9H,1,5-8,10H2. The van der Waals surface area contributed by atoms with E-state index in [2.05, 4.69) is 6.58 Å². The molecule has 23 heavy (non-hydrogen) atoms. The molecule has 9 heteroatoms. The van der Waals surface area contributed by atoms with Crippen LogP contribution >= 0.6 is 11.6 Å². The van der Waals surface area contributed by atoms with Gasteiger partial charge in [-0.2, -0.15) is 17.5 Å². The summed E-state index contributed by atoms with van der Waals surface area (Å²) >= 11 is 5.72. The van der Waals surface area contributed by atoms with Crippen LogP contribution in [0.4, 0.5) is 13.2 Å². The molecule has 0 radical (unpaired) electrons. The number of halogens is 4. The van der Waals surface area contributed by atoms with Crippen molar-refractivity contribution in [1.29, 1.82) is 0 Å². The third-order valence-corrected chi connectivity index (χ3v) is 5.54. The molecule has 1 saturated heterocycles. The lowest BCUT2D eigenvalue weighted by Crippen LogP contribution is -2.48. The van der Waals surface area contributed by atoms with Gasteiger partial charge in [0.25, 0.3) is 0 Å². The third kappa shape index (κ3) is 4.47. The van der Waals surface area contributed by atoms with Gasteiger partial charge in [0.05, 0.1) is 10.5 Å². The zero-order valence-electron chi connectivity index (χ0n) is 12.2. The van der Waals surface area contributed by atoms with Crippen molar-refractivity contribution in [2.45, 2.75) is 11.1 Å². The van der Waals surface area contributed by atoms with Gasteiger partial charge in [-0.15, -0.1) is 0 Å². The van der Waals surface area contributed by atoms with Crippen molar-refractivity contribution < 1.29 is 21.6 Å². The maximum absolute atomic E-state index is 12.7. The summed E-state index contributed by atoms with van der Waals surface area (Å²) in [5.74, 6) is 0. The van der Waals surface area contributed by atoms with E-state index in [1.807, 2.05) is 4.90 Å². The highest BCUT2D eigenvalue weighted by Gasteiger charge is 2.33. The Bertz CT molecular complexity index is 684. The molecule has 1 aromatic carbocycles. The summed E-state index contributed by atoms with van der Waals surface area (Å²) in [5.41, 5.74) is -0.976. The number of hydrogen-bond acceptors (Lipinski definition) is 3. The van der Waals surface area contributed by atoms with Crippen LogP contribution in [0.25, 0.3) is 0 Å². The molecule has 1 aliphatic rings. The van der Waals surface area contributed by atoms with Crippen molar-refractivity contribution in [2.24, 2.45) is 0 Å². The Hall–Kier alpha value is -1.09. The molecule has 0 unspecified atom stereocenters. The van der Waals surface area contributed by atoms with Crippen LogP contribution in [0.1, 0.15) is 5.56 Å². The average molecular weight is 369 g/mol. The Kier molecular flexibility index (Phi) is 5.40. The van der Waals surface area contributed by atoms with Crippen LogP contribution in [0.15, 0.2) is 40.8 Å². The topological polar surface area (TPSA) is 40.6 Å². The van der Waals surface area contributed by atoms with Crippen LogP contribution in [0.2, 0.25) is 0 Å². The number of nitrogens with zero attached hydrogens (tertiary/aromatic N) is 2. The first-order valence-electron chi connectivity index (χ1n) is 6.84. The summed E-state index contributed by atoms with van der Waals surface area (Å²) in [6, 6.07) is 3.80. The van der Waals surface area contributed by atoms with Gasteiger partial charge in [-0.05, 0) is 18.2 Å². The van der Waals surface area contributed by atoms with Crippen molar-refractivity contribution in [3.05, 3.63) is 41.4 Å². The van der Waals surface area contributed by atoms with Crippen LogP contribution in [-0.4, -0.2) is 50.3 Å². The molecule has 0 N–H and O–H groups in total. The Morgan fingerprint density at radius 2 is 1.83 bits per heavy atom. The maximum Gasteiger partial charge on any atom is 0.416 e. The zero-order valence-corrected chi connectivity index (χ0v) is 13.8. The predicted octanol–water partition coefficient (Wildman–Crippen LogP) is 2.76. The Morgan fingerprint density at radius 1 is 1.22 bits per heavy atom. The fourth-order valence-electron chi connectivity index (χ4n) is 2.35. The van der Waals surface area contributed by atoms with Gasteiger partial charge in [0.2, 0.25) is 10.0 Å². The Morgan fingerprint density at radius 3 is 2.35 bits per heavy atom. The fourth-order valence-corrected chi connectivity index (χ4v) is 3.99. The molecule has 1 aliphatic heterocycles. The molecule has 2 rings (SSSR count). The molecule has 0 bridgehead atoms. The average Bonchev–Trinajstić information content (AvgIpc) is 2.46. The molecule has 1 heterocycles. The number of benzene rings is 1. The lowest BCUT2D eigenvalue weighted by molar-refractivity contribution is -0.137. The second-order valence-electron chi connectivity index (χ2n) is 5.22. The number of hydrogen-bond donors (Lipinski definition) is 0. The Labute approximate surface area is 138 Å². The largest absolute Gasteiger partial charge is 0.416 e. The van der Waals surface area contributed by atoms with Gasteiger partial charge in [0, 0.05) is 37.8 Å². The van der Waals surface area contributed by atoms with E-state index in [9.17, 15) is 21.6 Å². The quantitative estimate of drug-likeness (QED) is 0.820. The van der Waals surface area contributed by atoms with E-state index in [-0.39, 0.29) is 18.0 Å². The van der Waals surface area contributed by atoms with Crippen LogP contribution in [-0.2, 0) is 16.2 Å². The molecule has 0 aromatic heterocycles. The van der Waals surface area contributed by atoms with Crippen LogP contribution in [0.5, 0.6) is 0 Å². The minimum atomic E-state index is -4.58. The Balaban J connectivity index is 2.16. The van der Waals surface area contributed by atoms with Gasteiger partial charge in [-0.1, -0.05) is 24.2 Å². The minimum absolute atomic E-state index is 0.197. The van der Waals surface area contributed by atoms with Gasteiger partial charge in [-0.25, -0.2) is 8.42 Å². The molecular formula is C14H16ClF3N2O2S. The molecule has 4 nitrogen and oxygen atoms in total. The molecule has 0 aliphatic carbocycles. The SMILES string of the molecule is C=C(Cl)CN1CCN(S(=O)(=O)c2cccc(C(F)(F)F)c2)CC1. The second-order valence-corrected chi connectivity index (χ2v) is 7.70. The zero-order chi connectivity index (χ0) is 17.3. The van der Waals surface area contributed by atoms with E-state index in [0.717, 1.165) is 12.1 Å². The van der Waals surface area contributed by atoms with Crippen LogP contribution < -0.4 is 0 Å². The lowest BCUT2D eigenvalue weighted by atomic mass is 10.2. The molecule has 1 fully saturated rings. The van der Waals surface area contributed by atoms with E-state index in [1.54, 1.807) is 0 Å². The van der Waals surface area contributed by atoms with E-state index < -0.39 is 21.8 Å². The molecule has 0 spiro atoms. The van der Waals surface area contributed by atoms with E-state index in [4.69, 9.17) is 11.6 Å². The van der Waals surface area contributed by atoms with E-state index >= 15 is 0 Å². The van der Waals surface area contributed by atoms with Gasteiger partial charge in [-0.3, -0.25) is 4.90 Å². The normalized spacial score (nSPS) is 18.1. The number of alkyl halides is 3. The van der Waals surface area contributed by atoms with Gasteiger partial charge >= 0.3 is 6.18 Å². The monoisotopic (exact) mass is 368 g/mol. The number of rotatable bonds is 4. The summed E-state index contributed by atoms with van der Waals surface area (Å²) in [6.07, 6.45) is -4.58. The number of sulfonamides is 1. The summed E-state index contributed by atoms with van der Waals surface area (Å²) in [7, 11) is -3.95. The molecule has 0 saturated carbocycles. The summed E-state index contributed by atoms with van der Waals surface area (Å²) in [4.78, 5) is 1.59. The third-order valence-electron chi connectivity index (χ3n) is 3.53. The first kappa shape index (κ1) is 18.3. The highest BCUT2D eigenvalue weighted by atomic mass is 35.5. The summed E-state index contributed by atoms with van der Waals surface area (Å²) in [5, 5.41) is 0.458. The van der Waals surface area contributed by atoms with Crippen molar-refractivity contribution in [3.63, 3.8) is 0 Å². The first-order valence-corrected chi connectivity index (χ1v) is 8.65. The van der Waals surface area contributed by atoms with Gasteiger partial charge in [0.15, 0.2) is 0 Å². The molecule has 0 amide bonds. The van der Waals surface area contributed by atoms with Crippen molar-refractivity contribution >= 4 is 21.6 Å².